The summed E-state index contributed by atoms with van der Waals surface area (Å²) < 4.78 is 5.49. The largest absolute Gasteiger partial charge is 0.378 e. The quantitative estimate of drug-likeness (QED) is 0.767. The molecule has 0 radical (unpaired) electrons. The molecule has 0 aliphatic heterocycles. The van der Waals surface area contributed by atoms with Gasteiger partial charge in [0.25, 0.3) is 0 Å². The molecule has 1 amide bonds. The molecule has 1 aliphatic rings. The van der Waals surface area contributed by atoms with Gasteiger partial charge in [0, 0.05) is 18.2 Å². The van der Waals surface area contributed by atoms with Crippen molar-refractivity contribution >= 4 is 5.91 Å². The van der Waals surface area contributed by atoms with Crippen molar-refractivity contribution in [3.63, 3.8) is 0 Å². The summed E-state index contributed by atoms with van der Waals surface area (Å²) in [5, 5.41) is 6.31. The summed E-state index contributed by atoms with van der Waals surface area (Å²) in [6.07, 6.45) is 2.41. The van der Waals surface area contributed by atoms with Gasteiger partial charge >= 0.3 is 0 Å². The van der Waals surface area contributed by atoms with Crippen LogP contribution in [0.5, 0.6) is 0 Å². The minimum atomic E-state index is -0.166. The number of ether oxygens (including phenoxy) is 1. The van der Waals surface area contributed by atoms with Gasteiger partial charge in [-0.3, -0.25) is 4.79 Å². The molecule has 1 saturated carbocycles. The molecule has 0 spiro atoms. The van der Waals surface area contributed by atoms with Crippen LogP contribution in [0.15, 0.2) is 0 Å². The van der Waals surface area contributed by atoms with Gasteiger partial charge in [-0.15, -0.1) is 0 Å². The fourth-order valence-corrected chi connectivity index (χ4v) is 1.98. The van der Waals surface area contributed by atoms with Crippen LogP contribution in [0.3, 0.4) is 0 Å². The molecule has 0 aromatic rings. The Kier molecular flexibility index (Phi) is 4.95. The molecule has 0 bridgehead atoms. The van der Waals surface area contributed by atoms with E-state index in [0.29, 0.717) is 12.1 Å². The Bertz CT molecular complexity index is 255. The van der Waals surface area contributed by atoms with E-state index in [1.54, 1.807) is 0 Å². The van der Waals surface area contributed by atoms with Crippen LogP contribution < -0.4 is 10.6 Å². The van der Waals surface area contributed by atoms with Crippen molar-refractivity contribution in [3.8, 4) is 0 Å². The fourth-order valence-electron chi connectivity index (χ4n) is 1.98. The van der Waals surface area contributed by atoms with Gasteiger partial charge in [0.2, 0.25) is 5.91 Å². The van der Waals surface area contributed by atoms with Crippen LogP contribution in [0.4, 0.5) is 0 Å². The predicted molar refractivity (Wildman–Crippen MR) is 68.9 cm³/mol. The van der Waals surface area contributed by atoms with Crippen molar-refractivity contribution in [2.75, 3.05) is 6.61 Å². The van der Waals surface area contributed by atoms with Crippen molar-refractivity contribution in [2.24, 2.45) is 0 Å². The second-order valence-corrected chi connectivity index (χ2v) is 5.87. The second kappa shape index (κ2) is 5.83. The number of hydrogen-bond donors (Lipinski definition) is 2. The van der Waals surface area contributed by atoms with E-state index < -0.39 is 0 Å². The standard InChI is InChI=1S/C13H26N2O2/c1-6-17-11-7-10(8-11)14-9(2)12(16)15-13(3,4)5/h9-11,14H,6-8H2,1-5H3,(H,15,16). The maximum Gasteiger partial charge on any atom is 0.237 e. The van der Waals surface area contributed by atoms with Crippen LogP contribution in [-0.4, -0.2) is 36.2 Å². The molecule has 0 heterocycles. The Balaban J connectivity index is 2.22. The molecule has 1 unspecified atom stereocenters. The lowest BCUT2D eigenvalue weighted by atomic mass is 9.88. The zero-order valence-corrected chi connectivity index (χ0v) is 11.7. The Morgan fingerprint density at radius 3 is 2.47 bits per heavy atom. The van der Waals surface area contributed by atoms with Gasteiger partial charge in [-0.25, -0.2) is 0 Å². The Morgan fingerprint density at radius 1 is 1.41 bits per heavy atom. The molecule has 100 valence electrons. The average Bonchev–Trinajstić information content (AvgIpc) is 2.11. The third-order valence-corrected chi connectivity index (χ3v) is 2.87. The lowest BCUT2D eigenvalue weighted by molar-refractivity contribution is -0.125. The van der Waals surface area contributed by atoms with Crippen LogP contribution in [0.1, 0.15) is 47.5 Å². The van der Waals surface area contributed by atoms with Crippen molar-refractivity contribution in [1.82, 2.24) is 10.6 Å². The summed E-state index contributed by atoms with van der Waals surface area (Å²) in [6.45, 7) is 10.7. The van der Waals surface area contributed by atoms with Crippen molar-refractivity contribution in [3.05, 3.63) is 0 Å². The van der Waals surface area contributed by atoms with Crippen molar-refractivity contribution in [2.45, 2.75) is 71.2 Å². The SMILES string of the molecule is CCOC1CC(NC(C)C(=O)NC(C)(C)C)C1. The van der Waals surface area contributed by atoms with E-state index in [4.69, 9.17) is 4.74 Å². The monoisotopic (exact) mass is 242 g/mol. The van der Waals surface area contributed by atoms with E-state index in [2.05, 4.69) is 10.6 Å². The average molecular weight is 242 g/mol. The van der Waals surface area contributed by atoms with E-state index in [1.165, 1.54) is 0 Å². The predicted octanol–water partition coefficient (Wildman–Crippen LogP) is 1.45. The molecule has 0 aromatic heterocycles. The molecule has 4 heteroatoms. The fraction of sp³-hybridized carbons (Fsp3) is 0.923. The highest BCUT2D eigenvalue weighted by atomic mass is 16.5. The highest BCUT2D eigenvalue weighted by molar-refractivity contribution is 5.81. The smallest absolute Gasteiger partial charge is 0.237 e. The van der Waals surface area contributed by atoms with Crippen LogP contribution in [-0.2, 0) is 9.53 Å². The topological polar surface area (TPSA) is 50.4 Å². The van der Waals surface area contributed by atoms with E-state index in [1.807, 2.05) is 34.6 Å². The zero-order chi connectivity index (χ0) is 13.1. The molecule has 0 saturated heterocycles. The van der Waals surface area contributed by atoms with Crippen molar-refractivity contribution in [1.29, 1.82) is 0 Å². The summed E-state index contributed by atoms with van der Waals surface area (Å²) in [5.74, 6) is 0.0670. The minimum Gasteiger partial charge on any atom is -0.378 e. The minimum absolute atomic E-state index is 0.0670. The first kappa shape index (κ1) is 14.5. The van der Waals surface area contributed by atoms with Crippen molar-refractivity contribution < 1.29 is 9.53 Å². The molecule has 1 atom stereocenters. The molecule has 1 rings (SSSR count). The highest BCUT2D eigenvalue weighted by Crippen LogP contribution is 2.23. The van der Waals surface area contributed by atoms with E-state index in [-0.39, 0.29) is 17.5 Å². The first-order chi connectivity index (χ1) is 7.81. The number of carbonyl (C=O) groups excluding carboxylic acids is 1. The first-order valence-electron chi connectivity index (χ1n) is 6.51. The van der Waals surface area contributed by atoms with Gasteiger partial charge in [0.15, 0.2) is 0 Å². The maximum atomic E-state index is 11.8. The molecular weight excluding hydrogens is 216 g/mol. The number of amides is 1. The lowest BCUT2D eigenvalue weighted by Crippen LogP contribution is -2.55. The summed E-state index contributed by atoms with van der Waals surface area (Å²) >= 11 is 0. The van der Waals surface area contributed by atoms with Gasteiger partial charge in [0.1, 0.15) is 0 Å². The first-order valence-corrected chi connectivity index (χ1v) is 6.51. The molecule has 1 aliphatic carbocycles. The summed E-state index contributed by atoms with van der Waals surface area (Å²) in [5.41, 5.74) is -0.166. The van der Waals surface area contributed by atoms with E-state index >= 15 is 0 Å². The number of nitrogens with one attached hydrogen (secondary N) is 2. The third kappa shape index (κ3) is 5.04. The number of rotatable bonds is 5. The summed E-state index contributed by atoms with van der Waals surface area (Å²) in [6, 6.07) is 0.286. The molecule has 4 nitrogen and oxygen atoms in total. The van der Waals surface area contributed by atoms with Gasteiger partial charge in [0.05, 0.1) is 12.1 Å². The zero-order valence-electron chi connectivity index (χ0n) is 11.7. The Morgan fingerprint density at radius 2 is 2.00 bits per heavy atom. The normalized spacial score (nSPS) is 26.2. The lowest BCUT2D eigenvalue weighted by Gasteiger charge is -2.37. The molecule has 1 fully saturated rings. The molecule has 0 aromatic carbocycles. The van der Waals surface area contributed by atoms with Gasteiger partial charge in [-0.1, -0.05) is 0 Å². The summed E-state index contributed by atoms with van der Waals surface area (Å²) in [4.78, 5) is 11.8. The number of carbonyl (C=O) groups is 1. The van der Waals surface area contributed by atoms with E-state index in [0.717, 1.165) is 19.4 Å². The second-order valence-electron chi connectivity index (χ2n) is 5.87. The van der Waals surface area contributed by atoms with Crippen LogP contribution in [0.25, 0.3) is 0 Å². The Hall–Kier alpha value is -0.610. The highest BCUT2D eigenvalue weighted by Gasteiger charge is 2.31. The Labute approximate surface area is 104 Å². The summed E-state index contributed by atoms with van der Waals surface area (Å²) in [7, 11) is 0. The third-order valence-electron chi connectivity index (χ3n) is 2.87. The van der Waals surface area contributed by atoms with Gasteiger partial charge in [-0.2, -0.15) is 0 Å². The van der Waals surface area contributed by atoms with Crippen LogP contribution in [0, 0.1) is 0 Å². The maximum absolute atomic E-state index is 11.8. The van der Waals surface area contributed by atoms with E-state index in [9.17, 15) is 4.79 Å². The van der Waals surface area contributed by atoms with Gasteiger partial charge < -0.3 is 15.4 Å². The molecule has 17 heavy (non-hydrogen) atoms. The molecule has 2 N–H and O–H groups in total. The molecular formula is C13H26N2O2. The van der Waals surface area contributed by atoms with Gasteiger partial charge in [-0.05, 0) is 47.5 Å². The van der Waals surface area contributed by atoms with Crippen LogP contribution >= 0.6 is 0 Å². The van der Waals surface area contributed by atoms with Crippen LogP contribution in [0.2, 0.25) is 0 Å². The number of hydrogen-bond acceptors (Lipinski definition) is 3.